The third-order valence-electron chi connectivity index (χ3n) is 4.57. The van der Waals surface area contributed by atoms with Crippen molar-refractivity contribution < 1.29 is 9.59 Å². The Morgan fingerprint density at radius 1 is 1.19 bits per heavy atom. The summed E-state index contributed by atoms with van der Waals surface area (Å²) in [5.74, 6) is 1.51. The number of benzene rings is 1. The lowest BCUT2D eigenvalue weighted by Crippen LogP contribution is -2.27. The van der Waals surface area contributed by atoms with Gasteiger partial charge in [-0.3, -0.25) is 9.59 Å². The van der Waals surface area contributed by atoms with E-state index in [-0.39, 0.29) is 16.9 Å². The number of aromatic nitrogens is 3. The summed E-state index contributed by atoms with van der Waals surface area (Å²) in [7, 11) is 1.96. The van der Waals surface area contributed by atoms with Crippen LogP contribution in [-0.4, -0.2) is 31.7 Å². The van der Waals surface area contributed by atoms with Gasteiger partial charge in [-0.25, -0.2) is 0 Å². The van der Waals surface area contributed by atoms with Crippen LogP contribution in [0.5, 0.6) is 0 Å². The third-order valence-corrected chi connectivity index (χ3v) is 5.70. The number of thioether (sulfide) groups is 1. The SMILES string of the molecule is C[C@@H](Sc1nnc(C2CC2)n1C)C(=O)c1ccc(NC(=O)C(C)(C)C)cc1. The molecule has 1 aromatic heterocycles. The second kappa shape index (κ2) is 7.46. The van der Waals surface area contributed by atoms with Crippen molar-refractivity contribution in [2.75, 3.05) is 5.32 Å². The maximum absolute atomic E-state index is 12.7. The molecule has 0 aliphatic heterocycles. The van der Waals surface area contributed by atoms with Crippen LogP contribution in [0.15, 0.2) is 29.4 Å². The lowest BCUT2D eigenvalue weighted by Gasteiger charge is -2.17. The van der Waals surface area contributed by atoms with E-state index in [1.165, 1.54) is 24.6 Å². The van der Waals surface area contributed by atoms with Crippen molar-refractivity contribution in [3.05, 3.63) is 35.7 Å². The van der Waals surface area contributed by atoms with Crippen LogP contribution in [-0.2, 0) is 11.8 Å². The van der Waals surface area contributed by atoms with Crippen LogP contribution in [0.3, 0.4) is 0 Å². The molecule has 0 unspecified atom stereocenters. The molecule has 7 heteroatoms. The fourth-order valence-corrected chi connectivity index (χ4v) is 3.51. The number of carbonyl (C=O) groups is 2. The molecule has 0 spiro atoms. The summed E-state index contributed by atoms with van der Waals surface area (Å²) < 4.78 is 2.00. The zero-order chi connectivity index (χ0) is 19.8. The number of carbonyl (C=O) groups excluding carboxylic acids is 2. The molecule has 0 bridgehead atoms. The Kier molecular flexibility index (Phi) is 5.42. The average molecular weight is 387 g/mol. The minimum Gasteiger partial charge on any atom is -0.326 e. The van der Waals surface area contributed by atoms with Gasteiger partial charge in [0.25, 0.3) is 0 Å². The van der Waals surface area contributed by atoms with Crippen LogP contribution < -0.4 is 5.32 Å². The summed E-state index contributed by atoms with van der Waals surface area (Å²) in [6.07, 6.45) is 2.34. The number of nitrogens with zero attached hydrogens (tertiary/aromatic N) is 3. The maximum atomic E-state index is 12.7. The first kappa shape index (κ1) is 19.6. The second-order valence-corrected chi connectivity index (χ2v) is 9.39. The van der Waals surface area contributed by atoms with E-state index < -0.39 is 5.41 Å². The molecule has 1 N–H and O–H groups in total. The molecule has 0 saturated heterocycles. The van der Waals surface area contributed by atoms with Gasteiger partial charge in [-0.05, 0) is 44.0 Å². The normalized spacial score (nSPS) is 15.4. The predicted molar refractivity (Wildman–Crippen MR) is 107 cm³/mol. The van der Waals surface area contributed by atoms with Crippen molar-refractivity contribution in [1.82, 2.24) is 14.8 Å². The second-order valence-electron chi connectivity index (χ2n) is 8.08. The Bertz CT molecular complexity index is 848. The molecule has 1 aliphatic carbocycles. The van der Waals surface area contributed by atoms with Crippen molar-refractivity contribution in [3.63, 3.8) is 0 Å². The first-order chi connectivity index (χ1) is 12.7. The molecule has 1 fully saturated rings. The first-order valence-electron chi connectivity index (χ1n) is 9.18. The summed E-state index contributed by atoms with van der Waals surface area (Å²) in [6, 6.07) is 7.04. The number of amides is 1. The third kappa shape index (κ3) is 4.58. The summed E-state index contributed by atoms with van der Waals surface area (Å²) in [6.45, 7) is 7.47. The maximum Gasteiger partial charge on any atom is 0.229 e. The zero-order valence-electron chi connectivity index (χ0n) is 16.4. The van der Waals surface area contributed by atoms with Crippen LogP contribution in [0.1, 0.15) is 62.6 Å². The van der Waals surface area contributed by atoms with Gasteiger partial charge in [0.05, 0.1) is 5.25 Å². The number of nitrogens with one attached hydrogen (secondary N) is 1. The fraction of sp³-hybridized carbons (Fsp3) is 0.500. The minimum absolute atomic E-state index is 0.0321. The molecule has 1 aliphatic rings. The molecule has 1 atom stereocenters. The highest BCUT2D eigenvalue weighted by Crippen LogP contribution is 2.40. The van der Waals surface area contributed by atoms with E-state index in [0.717, 1.165) is 11.0 Å². The minimum atomic E-state index is -0.463. The van der Waals surface area contributed by atoms with E-state index in [1.807, 2.05) is 39.3 Å². The number of anilines is 1. The summed E-state index contributed by atoms with van der Waals surface area (Å²) in [4.78, 5) is 24.8. The van der Waals surface area contributed by atoms with E-state index in [1.54, 1.807) is 24.3 Å². The van der Waals surface area contributed by atoms with Gasteiger partial charge >= 0.3 is 0 Å². The fourth-order valence-electron chi connectivity index (χ4n) is 2.61. The van der Waals surface area contributed by atoms with E-state index in [4.69, 9.17) is 0 Å². The van der Waals surface area contributed by atoms with Crippen LogP contribution >= 0.6 is 11.8 Å². The van der Waals surface area contributed by atoms with Crippen molar-refractivity contribution in [2.24, 2.45) is 12.5 Å². The van der Waals surface area contributed by atoms with Gasteiger partial charge < -0.3 is 9.88 Å². The van der Waals surface area contributed by atoms with Crippen LogP contribution in [0.4, 0.5) is 5.69 Å². The number of rotatable bonds is 6. The van der Waals surface area contributed by atoms with Gasteiger partial charge in [-0.1, -0.05) is 32.5 Å². The van der Waals surface area contributed by atoms with E-state index >= 15 is 0 Å². The van der Waals surface area contributed by atoms with Crippen molar-refractivity contribution in [3.8, 4) is 0 Å². The van der Waals surface area contributed by atoms with E-state index in [9.17, 15) is 9.59 Å². The van der Waals surface area contributed by atoms with Crippen molar-refractivity contribution >= 4 is 29.1 Å². The molecule has 144 valence electrons. The molecule has 0 radical (unpaired) electrons. The van der Waals surface area contributed by atoms with Gasteiger partial charge in [0.15, 0.2) is 10.9 Å². The molecule has 3 rings (SSSR count). The number of hydrogen-bond acceptors (Lipinski definition) is 5. The molecule has 1 aromatic carbocycles. The molecule has 1 heterocycles. The van der Waals surface area contributed by atoms with Gasteiger partial charge in [0, 0.05) is 29.6 Å². The number of hydrogen-bond donors (Lipinski definition) is 1. The molecular formula is C20H26N4O2S. The standard InChI is InChI=1S/C20H26N4O2S/c1-12(27-19-23-22-17(24(19)5)14-6-7-14)16(25)13-8-10-15(11-9-13)21-18(26)20(2,3)4/h8-12,14H,6-7H2,1-5H3,(H,21,26)/t12-/m1/s1. The molecule has 6 nitrogen and oxygen atoms in total. The summed E-state index contributed by atoms with van der Waals surface area (Å²) >= 11 is 1.43. The van der Waals surface area contributed by atoms with Crippen molar-refractivity contribution in [1.29, 1.82) is 0 Å². The average Bonchev–Trinajstić information content (AvgIpc) is 3.39. The Labute approximate surface area is 164 Å². The zero-order valence-corrected chi connectivity index (χ0v) is 17.3. The van der Waals surface area contributed by atoms with Gasteiger partial charge in [0.1, 0.15) is 5.82 Å². The highest BCUT2D eigenvalue weighted by Gasteiger charge is 2.30. The monoisotopic (exact) mass is 386 g/mol. The quantitative estimate of drug-likeness (QED) is 0.599. The lowest BCUT2D eigenvalue weighted by atomic mass is 9.95. The lowest BCUT2D eigenvalue weighted by molar-refractivity contribution is -0.123. The number of Topliss-reactive ketones (excluding diaryl/α,β-unsaturated/α-hetero) is 1. The highest BCUT2D eigenvalue weighted by molar-refractivity contribution is 8.00. The van der Waals surface area contributed by atoms with E-state index in [2.05, 4.69) is 15.5 Å². The first-order valence-corrected chi connectivity index (χ1v) is 10.1. The van der Waals surface area contributed by atoms with Gasteiger partial charge in [0.2, 0.25) is 5.91 Å². The van der Waals surface area contributed by atoms with Crippen LogP contribution in [0, 0.1) is 5.41 Å². The predicted octanol–water partition coefficient (Wildman–Crippen LogP) is 4.04. The number of ketones is 1. The Morgan fingerprint density at radius 3 is 2.37 bits per heavy atom. The van der Waals surface area contributed by atoms with Crippen LogP contribution in [0.25, 0.3) is 0 Å². The molecular weight excluding hydrogens is 360 g/mol. The smallest absolute Gasteiger partial charge is 0.229 e. The molecule has 1 amide bonds. The Hall–Kier alpha value is -2.15. The largest absolute Gasteiger partial charge is 0.326 e. The van der Waals surface area contributed by atoms with Gasteiger partial charge in [-0.15, -0.1) is 10.2 Å². The topological polar surface area (TPSA) is 76.9 Å². The molecule has 1 saturated carbocycles. The summed E-state index contributed by atoms with van der Waals surface area (Å²) in [5.41, 5.74) is 0.845. The summed E-state index contributed by atoms with van der Waals surface area (Å²) in [5, 5.41) is 11.9. The molecule has 27 heavy (non-hydrogen) atoms. The van der Waals surface area contributed by atoms with Gasteiger partial charge in [-0.2, -0.15) is 0 Å². The van der Waals surface area contributed by atoms with E-state index in [0.29, 0.717) is 17.2 Å². The Morgan fingerprint density at radius 2 is 1.81 bits per heavy atom. The highest BCUT2D eigenvalue weighted by atomic mass is 32.2. The molecule has 2 aromatic rings. The van der Waals surface area contributed by atoms with Crippen LogP contribution in [0.2, 0.25) is 0 Å². The Balaban J connectivity index is 1.64. The van der Waals surface area contributed by atoms with Crippen molar-refractivity contribution in [2.45, 2.75) is 56.9 Å².